The van der Waals surface area contributed by atoms with Crippen LogP contribution in [0, 0.1) is 11.3 Å². The Bertz CT molecular complexity index is 645. The van der Waals surface area contributed by atoms with Crippen LogP contribution < -0.4 is 5.32 Å². The molecular formula is C15H12N4O. The van der Waals surface area contributed by atoms with Crippen LogP contribution in [0.2, 0.25) is 0 Å². The topological polar surface area (TPSA) is 78.7 Å². The summed E-state index contributed by atoms with van der Waals surface area (Å²) >= 11 is 0. The summed E-state index contributed by atoms with van der Waals surface area (Å²) in [6.45, 7) is 0.332. The number of hydrogen-bond acceptors (Lipinski definition) is 4. The van der Waals surface area contributed by atoms with E-state index in [4.69, 9.17) is 5.26 Å². The Kier molecular flexibility index (Phi) is 4.57. The first-order valence-electron chi connectivity index (χ1n) is 5.98. The number of rotatable bonds is 4. The molecule has 0 aliphatic heterocycles. The molecule has 2 rings (SSSR count). The van der Waals surface area contributed by atoms with Crippen molar-refractivity contribution in [3.8, 4) is 6.07 Å². The molecule has 0 unspecified atom stereocenters. The second-order valence-corrected chi connectivity index (χ2v) is 4.00. The number of carbonyl (C=O) groups excluding carboxylic acids is 1. The van der Waals surface area contributed by atoms with Crippen LogP contribution in [0.15, 0.2) is 54.6 Å². The van der Waals surface area contributed by atoms with Crippen LogP contribution in [0.1, 0.15) is 11.1 Å². The van der Waals surface area contributed by atoms with E-state index in [0.29, 0.717) is 12.1 Å². The lowest BCUT2D eigenvalue weighted by Crippen LogP contribution is -2.24. The average Bonchev–Trinajstić information content (AvgIpc) is 2.52. The molecule has 1 amide bonds. The van der Waals surface area contributed by atoms with Gasteiger partial charge in [-0.15, -0.1) is 0 Å². The summed E-state index contributed by atoms with van der Waals surface area (Å²) in [6, 6.07) is 9.05. The molecular weight excluding hydrogens is 252 g/mol. The van der Waals surface area contributed by atoms with E-state index in [-0.39, 0.29) is 5.57 Å². The van der Waals surface area contributed by atoms with Gasteiger partial charge in [0.2, 0.25) is 0 Å². The van der Waals surface area contributed by atoms with E-state index in [9.17, 15) is 4.79 Å². The maximum atomic E-state index is 11.9. The van der Waals surface area contributed by atoms with Gasteiger partial charge in [-0.2, -0.15) is 5.26 Å². The first-order chi connectivity index (χ1) is 9.79. The Balaban J connectivity index is 2.03. The van der Waals surface area contributed by atoms with Gasteiger partial charge in [-0.05, 0) is 29.3 Å². The number of pyridine rings is 2. The van der Waals surface area contributed by atoms with Crippen molar-refractivity contribution in [1.82, 2.24) is 15.3 Å². The van der Waals surface area contributed by atoms with Gasteiger partial charge in [-0.1, -0.05) is 12.1 Å². The number of carbonyl (C=O) groups is 1. The average molecular weight is 264 g/mol. The molecule has 0 fully saturated rings. The van der Waals surface area contributed by atoms with Gasteiger partial charge >= 0.3 is 0 Å². The Labute approximate surface area is 116 Å². The summed E-state index contributed by atoms with van der Waals surface area (Å²) in [5.74, 6) is -0.416. The Morgan fingerprint density at radius 1 is 1.25 bits per heavy atom. The van der Waals surface area contributed by atoms with Crippen LogP contribution in [0.25, 0.3) is 6.08 Å². The van der Waals surface area contributed by atoms with Crippen molar-refractivity contribution in [3.63, 3.8) is 0 Å². The summed E-state index contributed by atoms with van der Waals surface area (Å²) in [5, 5.41) is 11.7. The number of hydrogen-bond donors (Lipinski definition) is 1. The highest BCUT2D eigenvalue weighted by atomic mass is 16.1. The first kappa shape index (κ1) is 13.4. The fourth-order valence-electron chi connectivity index (χ4n) is 1.56. The van der Waals surface area contributed by atoms with Crippen LogP contribution in [0.3, 0.4) is 0 Å². The highest BCUT2D eigenvalue weighted by Crippen LogP contribution is 2.05. The molecule has 0 saturated heterocycles. The van der Waals surface area contributed by atoms with Gasteiger partial charge in [0.1, 0.15) is 11.6 Å². The summed E-state index contributed by atoms with van der Waals surface area (Å²) in [6.07, 6.45) is 8.05. The minimum atomic E-state index is -0.416. The maximum absolute atomic E-state index is 11.9. The molecule has 5 heteroatoms. The van der Waals surface area contributed by atoms with Gasteiger partial charge in [-0.3, -0.25) is 14.8 Å². The Hall–Kier alpha value is -3.00. The monoisotopic (exact) mass is 264 g/mol. The summed E-state index contributed by atoms with van der Waals surface area (Å²) in [7, 11) is 0. The Morgan fingerprint density at radius 2 is 2.00 bits per heavy atom. The maximum Gasteiger partial charge on any atom is 0.262 e. The van der Waals surface area contributed by atoms with Crippen LogP contribution in [0.4, 0.5) is 0 Å². The van der Waals surface area contributed by atoms with Gasteiger partial charge in [0.25, 0.3) is 5.91 Å². The van der Waals surface area contributed by atoms with Crippen molar-refractivity contribution in [3.05, 3.63) is 65.8 Å². The highest BCUT2D eigenvalue weighted by Gasteiger charge is 2.08. The van der Waals surface area contributed by atoms with Crippen molar-refractivity contribution in [2.75, 3.05) is 0 Å². The molecule has 2 aromatic rings. The number of aromatic nitrogens is 2. The minimum absolute atomic E-state index is 0.0434. The molecule has 0 saturated carbocycles. The number of amides is 1. The van der Waals surface area contributed by atoms with E-state index >= 15 is 0 Å². The lowest BCUT2D eigenvalue weighted by Gasteiger charge is -2.03. The Morgan fingerprint density at radius 3 is 2.60 bits per heavy atom. The van der Waals surface area contributed by atoms with Crippen molar-refractivity contribution in [1.29, 1.82) is 5.26 Å². The molecule has 0 aliphatic rings. The molecule has 20 heavy (non-hydrogen) atoms. The first-order valence-corrected chi connectivity index (χ1v) is 5.98. The summed E-state index contributed by atoms with van der Waals surface area (Å²) in [4.78, 5) is 19.8. The standard InChI is InChI=1S/C15H12N4O/c16-8-14(7-12-3-1-5-17-9-12)15(20)19-11-13-4-2-6-18-10-13/h1-7,9-10H,11H2,(H,19,20)/b14-7+. The molecule has 2 aromatic heterocycles. The fraction of sp³-hybridized carbons (Fsp3) is 0.0667. The van der Waals surface area contributed by atoms with Crippen molar-refractivity contribution in [2.24, 2.45) is 0 Å². The molecule has 2 heterocycles. The normalized spacial score (nSPS) is 10.7. The third-order valence-corrected chi connectivity index (χ3v) is 2.54. The largest absolute Gasteiger partial charge is 0.347 e. The molecule has 0 radical (unpaired) electrons. The molecule has 0 spiro atoms. The van der Waals surface area contributed by atoms with Gasteiger partial charge in [0, 0.05) is 31.3 Å². The third-order valence-electron chi connectivity index (χ3n) is 2.54. The van der Waals surface area contributed by atoms with E-state index in [0.717, 1.165) is 5.56 Å². The summed E-state index contributed by atoms with van der Waals surface area (Å²) in [5.41, 5.74) is 1.63. The van der Waals surface area contributed by atoms with Crippen LogP contribution in [0.5, 0.6) is 0 Å². The van der Waals surface area contributed by atoms with Gasteiger partial charge in [-0.25, -0.2) is 0 Å². The molecule has 0 aliphatic carbocycles. The predicted molar refractivity (Wildman–Crippen MR) is 73.9 cm³/mol. The number of nitriles is 1. The van der Waals surface area contributed by atoms with Crippen LogP contribution in [-0.4, -0.2) is 15.9 Å². The zero-order valence-electron chi connectivity index (χ0n) is 10.7. The minimum Gasteiger partial charge on any atom is -0.347 e. The van der Waals surface area contributed by atoms with E-state index in [1.54, 1.807) is 43.0 Å². The summed E-state index contributed by atoms with van der Waals surface area (Å²) < 4.78 is 0. The fourth-order valence-corrected chi connectivity index (χ4v) is 1.56. The molecule has 0 aromatic carbocycles. The van der Waals surface area contributed by atoms with Gasteiger partial charge < -0.3 is 5.32 Å². The molecule has 0 bridgehead atoms. The molecule has 98 valence electrons. The smallest absolute Gasteiger partial charge is 0.262 e. The van der Waals surface area contributed by atoms with E-state index in [2.05, 4.69) is 15.3 Å². The van der Waals surface area contributed by atoms with Crippen molar-refractivity contribution < 1.29 is 4.79 Å². The molecule has 5 nitrogen and oxygen atoms in total. The zero-order chi connectivity index (χ0) is 14.2. The van der Waals surface area contributed by atoms with Crippen LogP contribution >= 0.6 is 0 Å². The molecule has 0 atom stereocenters. The van der Waals surface area contributed by atoms with Gasteiger partial charge in [0.05, 0.1) is 0 Å². The number of nitrogens with one attached hydrogen (secondary N) is 1. The van der Waals surface area contributed by atoms with Gasteiger partial charge in [0.15, 0.2) is 0 Å². The zero-order valence-corrected chi connectivity index (χ0v) is 10.7. The lowest BCUT2D eigenvalue weighted by atomic mass is 10.1. The highest BCUT2D eigenvalue weighted by molar-refractivity contribution is 6.01. The van der Waals surface area contributed by atoms with Crippen molar-refractivity contribution >= 4 is 12.0 Å². The SMILES string of the molecule is N#C/C(=C\c1cccnc1)C(=O)NCc1cccnc1. The van der Waals surface area contributed by atoms with Crippen LogP contribution in [-0.2, 0) is 11.3 Å². The molecule has 1 N–H and O–H groups in total. The lowest BCUT2D eigenvalue weighted by molar-refractivity contribution is -0.117. The predicted octanol–water partition coefficient (Wildman–Crippen LogP) is 1.70. The third kappa shape index (κ3) is 3.75. The van der Waals surface area contributed by atoms with E-state index < -0.39 is 5.91 Å². The van der Waals surface area contributed by atoms with E-state index in [1.807, 2.05) is 12.1 Å². The number of nitrogens with zero attached hydrogens (tertiary/aromatic N) is 3. The second kappa shape index (κ2) is 6.81. The van der Waals surface area contributed by atoms with Crippen molar-refractivity contribution in [2.45, 2.75) is 6.54 Å². The van der Waals surface area contributed by atoms with E-state index in [1.165, 1.54) is 6.08 Å². The second-order valence-electron chi connectivity index (χ2n) is 4.00. The quantitative estimate of drug-likeness (QED) is 0.673.